The van der Waals surface area contributed by atoms with Gasteiger partial charge in [0.15, 0.2) is 0 Å². The summed E-state index contributed by atoms with van der Waals surface area (Å²) in [5.41, 5.74) is 1.34. The first-order chi connectivity index (χ1) is 13.6. The van der Waals surface area contributed by atoms with Crippen molar-refractivity contribution >= 4 is 23.3 Å². The molecule has 0 bridgehead atoms. The van der Waals surface area contributed by atoms with E-state index in [0.29, 0.717) is 30.8 Å². The predicted molar refractivity (Wildman–Crippen MR) is 105 cm³/mol. The number of nitrogens with one attached hydrogen (secondary N) is 2. The Morgan fingerprint density at radius 2 is 2.11 bits per heavy atom. The van der Waals surface area contributed by atoms with E-state index in [9.17, 15) is 14.0 Å². The number of carbonyl (C=O) groups excluding carboxylic acids is 2. The lowest BCUT2D eigenvalue weighted by Crippen LogP contribution is -2.29. The van der Waals surface area contributed by atoms with Crippen molar-refractivity contribution < 1.29 is 18.7 Å². The van der Waals surface area contributed by atoms with E-state index in [1.54, 1.807) is 6.07 Å². The van der Waals surface area contributed by atoms with Gasteiger partial charge < -0.3 is 20.3 Å². The molecule has 2 aromatic rings. The highest BCUT2D eigenvalue weighted by molar-refractivity contribution is 5.97. The lowest BCUT2D eigenvalue weighted by molar-refractivity contribution is -0.117. The van der Waals surface area contributed by atoms with E-state index in [2.05, 4.69) is 16.6 Å². The lowest BCUT2D eigenvalue weighted by atomic mass is 10.2. The van der Waals surface area contributed by atoms with Gasteiger partial charge in [-0.2, -0.15) is 0 Å². The summed E-state index contributed by atoms with van der Waals surface area (Å²) in [6, 6.07) is 10.9. The maximum atomic E-state index is 14.1. The van der Waals surface area contributed by atoms with Gasteiger partial charge in [0.1, 0.15) is 18.2 Å². The van der Waals surface area contributed by atoms with Crippen LogP contribution in [0.1, 0.15) is 18.4 Å². The van der Waals surface area contributed by atoms with Gasteiger partial charge in [0.05, 0.1) is 5.69 Å². The number of nitrogens with zero attached hydrogens (tertiary/aromatic N) is 1. The zero-order valence-electron chi connectivity index (χ0n) is 15.2. The SMILES string of the molecule is C#CCOc1ccccc1CNC(=O)Nc1ccc(F)c(N2CCCC2=O)c1. The molecule has 6 nitrogen and oxygen atoms in total. The zero-order valence-corrected chi connectivity index (χ0v) is 15.2. The fraction of sp³-hybridized carbons (Fsp3) is 0.238. The molecule has 3 amide bonds. The molecular formula is C21H20FN3O3. The fourth-order valence-electron chi connectivity index (χ4n) is 2.96. The van der Waals surface area contributed by atoms with Crippen LogP contribution in [-0.4, -0.2) is 25.1 Å². The van der Waals surface area contributed by atoms with Crippen LogP contribution in [0, 0.1) is 18.2 Å². The van der Waals surface area contributed by atoms with Gasteiger partial charge in [-0.25, -0.2) is 9.18 Å². The lowest BCUT2D eigenvalue weighted by Gasteiger charge is -2.18. The molecule has 0 aliphatic carbocycles. The van der Waals surface area contributed by atoms with Crippen LogP contribution in [0.5, 0.6) is 5.75 Å². The maximum Gasteiger partial charge on any atom is 0.319 e. The number of benzene rings is 2. The summed E-state index contributed by atoms with van der Waals surface area (Å²) in [6.07, 6.45) is 6.30. The Kier molecular flexibility index (Phi) is 6.12. The first-order valence-electron chi connectivity index (χ1n) is 8.87. The van der Waals surface area contributed by atoms with Crippen molar-refractivity contribution in [2.75, 3.05) is 23.4 Å². The minimum atomic E-state index is -0.499. The monoisotopic (exact) mass is 381 g/mol. The summed E-state index contributed by atoms with van der Waals surface area (Å²) >= 11 is 0. The van der Waals surface area contributed by atoms with E-state index >= 15 is 0 Å². The summed E-state index contributed by atoms with van der Waals surface area (Å²) in [7, 11) is 0. The number of urea groups is 1. The van der Waals surface area contributed by atoms with Crippen molar-refractivity contribution in [3.8, 4) is 18.1 Å². The molecule has 0 unspecified atom stereocenters. The molecule has 2 aromatic carbocycles. The molecule has 28 heavy (non-hydrogen) atoms. The second-order valence-corrected chi connectivity index (χ2v) is 6.22. The normalized spacial score (nSPS) is 13.1. The highest BCUT2D eigenvalue weighted by atomic mass is 19.1. The van der Waals surface area contributed by atoms with Crippen LogP contribution >= 0.6 is 0 Å². The average Bonchev–Trinajstić information content (AvgIpc) is 3.12. The zero-order chi connectivity index (χ0) is 19.9. The molecule has 0 saturated carbocycles. The van der Waals surface area contributed by atoms with Crippen LogP contribution in [0.25, 0.3) is 0 Å². The summed E-state index contributed by atoms with van der Waals surface area (Å²) in [5.74, 6) is 2.37. The molecule has 1 heterocycles. The number of ether oxygens (including phenoxy) is 1. The summed E-state index contributed by atoms with van der Waals surface area (Å²) in [4.78, 5) is 25.5. The van der Waals surface area contributed by atoms with Gasteiger partial charge in [-0.1, -0.05) is 24.1 Å². The number of carbonyl (C=O) groups is 2. The average molecular weight is 381 g/mol. The van der Waals surface area contributed by atoms with E-state index < -0.39 is 11.8 Å². The van der Waals surface area contributed by atoms with Gasteiger partial charge >= 0.3 is 6.03 Å². The van der Waals surface area contributed by atoms with E-state index in [4.69, 9.17) is 11.2 Å². The quantitative estimate of drug-likeness (QED) is 0.755. The second-order valence-electron chi connectivity index (χ2n) is 6.22. The molecule has 1 aliphatic rings. The van der Waals surface area contributed by atoms with Gasteiger partial charge in [-0.3, -0.25) is 4.79 Å². The van der Waals surface area contributed by atoms with Crippen molar-refractivity contribution in [1.82, 2.24) is 5.32 Å². The van der Waals surface area contributed by atoms with E-state index in [1.807, 2.05) is 18.2 Å². The number of hydrogen-bond donors (Lipinski definition) is 2. The largest absolute Gasteiger partial charge is 0.481 e. The molecule has 1 fully saturated rings. The minimum Gasteiger partial charge on any atom is -0.481 e. The van der Waals surface area contributed by atoms with Gasteiger partial charge in [-0.15, -0.1) is 6.42 Å². The molecule has 2 N–H and O–H groups in total. The highest BCUT2D eigenvalue weighted by Gasteiger charge is 2.24. The maximum absolute atomic E-state index is 14.1. The summed E-state index contributed by atoms with van der Waals surface area (Å²) in [5, 5.41) is 5.37. The third kappa shape index (κ3) is 4.60. The minimum absolute atomic E-state index is 0.121. The standard InChI is InChI=1S/C21H20FN3O3/c1-2-12-28-19-7-4-3-6-15(19)14-23-21(27)24-16-9-10-17(22)18(13-16)25-11-5-8-20(25)26/h1,3-4,6-7,9-10,13H,5,8,11-12,14H2,(H2,23,24,27). The third-order valence-corrected chi connectivity index (χ3v) is 4.29. The Morgan fingerprint density at radius 3 is 2.86 bits per heavy atom. The fourth-order valence-corrected chi connectivity index (χ4v) is 2.96. The molecule has 0 aromatic heterocycles. The van der Waals surface area contributed by atoms with E-state index in [1.165, 1.54) is 23.1 Å². The molecule has 0 atom stereocenters. The molecular weight excluding hydrogens is 361 g/mol. The Labute approximate surface area is 162 Å². The van der Waals surface area contributed by atoms with Gasteiger partial charge in [0.25, 0.3) is 0 Å². The van der Waals surface area contributed by atoms with Crippen LogP contribution in [0.4, 0.5) is 20.6 Å². The smallest absolute Gasteiger partial charge is 0.319 e. The van der Waals surface area contributed by atoms with Crippen molar-refractivity contribution in [3.05, 3.63) is 53.8 Å². The molecule has 1 aliphatic heterocycles. The topological polar surface area (TPSA) is 70.7 Å². The summed E-state index contributed by atoms with van der Waals surface area (Å²) < 4.78 is 19.5. The van der Waals surface area contributed by atoms with Crippen LogP contribution in [0.15, 0.2) is 42.5 Å². The van der Waals surface area contributed by atoms with Crippen LogP contribution < -0.4 is 20.3 Å². The van der Waals surface area contributed by atoms with Crippen LogP contribution in [-0.2, 0) is 11.3 Å². The Bertz CT molecular complexity index is 923. The number of para-hydroxylation sites is 1. The Morgan fingerprint density at radius 1 is 1.29 bits per heavy atom. The predicted octanol–water partition coefficient (Wildman–Crippen LogP) is 3.29. The molecule has 7 heteroatoms. The third-order valence-electron chi connectivity index (χ3n) is 4.29. The first-order valence-corrected chi connectivity index (χ1v) is 8.87. The number of hydrogen-bond acceptors (Lipinski definition) is 3. The van der Waals surface area contributed by atoms with E-state index in [0.717, 1.165) is 5.56 Å². The van der Waals surface area contributed by atoms with Crippen molar-refractivity contribution in [2.45, 2.75) is 19.4 Å². The van der Waals surface area contributed by atoms with Crippen LogP contribution in [0.3, 0.4) is 0 Å². The molecule has 144 valence electrons. The second kappa shape index (κ2) is 8.91. The van der Waals surface area contributed by atoms with Gasteiger partial charge in [-0.05, 0) is 30.7 Å². The van der Waals surface area contributed by atoms with Gasteiger partial charge in [0, 0.05) is 30.8 Å². The van der Waals surface area contributed by atoms with Gasteiger partial charge in [0.2, 0.25) is 5.91 Å². The van der Waals surface area contributed by atoms with Crippen LogP contribution in [0.2, 0.25) is 0 Å². The Hall–Kier alpha value is -3.53. The number of amides is 3. The Balaban J connectivity index is 1.63. The van der Waals surface area contributed by atoms with E-state index in [-0.39, 0.29) is 24.7 Å². The summed E-state index contributed by atoms with van der Waals surface area (Å²) in [6.45, 7) is 0.835. The molecule has 3 rings (SSSR count). The number of terminal acetylenes is 1. The van der Waals surface area contributed by atoms with Crippen molar-refractivity contribution in [2.24, 2.45) is 0 Å². The molecule has 0 radical (unpaired) electrons. The number of halogens is 1. The number of anilines is 2. The highest BCUT2D eigenvalue weighted by Crippen LogP contribution is 2.27. The molecule has 1 saturated heterocycles. The number of rotatable bonds is 6. The molecule has 0 spiro atoms. The van der Waals surface area contributed by atoms with Crippen molar-refractivity contribution in [1.29, 1.82) is 0 Å². The first kappa shape index (κ1) is 19.2. The van der Waals surface area contributed by atoms with Crippen molar-refractivity contribution in [3.63, 3.8) is 0 Å².